The Morgan fingerprint density at radius 2 is 1.27 bits per heavy atom. The van der Waals surface area contributed by atoms with Gasteiger partial charge < -0.3 is 5.11 Å². The van der Waals surface area contributed by atoms with Crippen LogP contribution in [-0.2, 0) is 4.79 Å². The van der Waals surface area contributed by atoms with E-state index in [-0.39, 0.29) is 5.82 Å². The maximum absolute atomic E-state index is 13.1. The van der Waals surface area contributed by atoms with Gasteiger partial charge in [0.05, 0.1) is 0 Å². The Labute approximate surface area is 151 Å². The van der Waals surface area contributed by atoms with E-state index in [4.69, 9.17) is 5.11 Å². The van der Waals surface area contributed by atoms with E-state index in [2.05, 4.69) is 11.8 Å². The van der Waals surface area contributed by atoms with Crippen LogP contribution >= 0.6 is 0 Å². The van der Waals surface area contributed by atoms with Crippen molar-refractivity contribution in [2.24, 2.45) is 0 Å². The van der Waals surface area contributed by atoms with Crippen molar-refractivity contribution in [1.29, 1.82) is 0 Å². The summed E-state index contributed by atoms with van der Waals surface area (Å²) in [6, 6.07) is 22.7. The number of hydrogen-bond donors (Lipinski definition) is 1. The van der Waals surface area contributed by atoms with Crippen molar-refractivity contribution in [3.05, 3.63) is 113 Å². The molecule has 0 heterocycles. The van der Waals surface area contributed by atoms with Gasteiger partial charge in [-0.3, -0.25) is 0 Å². The molecule has 0 amide bonds. The monoisotopic (exact) mass is 342 g/mol. The summed E-state index contributed by atoms with van der Waals surface area (Å²) in [5, 5.41) is 9.15. The number of carboxylic acid groups (broad SMARTS) is 1. The number of hydrogen-bond acceptors (Lipinski definition) is 1. The molecule has 3 aromatic rings. The van der Waals surface area contributed by atoms with Crippen molar-refractivity contribution in [1.82, 2.24) is 0 Å². The van der Waals surface area contributed by atoms with Gasteiger partial charge in [0.15, 0.2) is 0 Å². The van der Waals surface area contributed by atoms with Crippen molar-refractivity contribution in [2.45, 2.75) is 0 Å². The molecule has 0 unspecified atom stereocenters. The van der Waals surface area contributed by atoms with E-state index < -0.39 is 5.97 Å². The fraction of sp³-hybridized carbons (Fsp3) is 0. The third kappa shape index (κ3) is 4.46. The Kier molecular flexibility index (Phi) is 5.26. The zero-order valence-electron chi connectivity index (χ0n) is 13.8. The van der Waals surface area contributed by atoms with Gasteiger partial charge in [-0.2, -0.15) is 0 Å². The van der Waals surface area contributed by atoms with E-state index in [1.807, 2.05) is 54.6 Å². The molecule has 0 bridgehead atoms. The lowest BCUT2D eigenvalue weighted by Gasteiger charge is -2.08. The zero-order valence-corrected chi connectivity index (χ0v) is 13.8. The molecule has 3 rings (SSSR count). The first kappa shape index (κ1) is 17.2. The molecule has 126 valence electrons. The van der Waals surface area contributed by atoms with Gasteiger partial charge in [-0.05, 0) is 53.1 Å². The van der Waals surface area contributed by atoms with Crippen LogP contribution < -0.4 is 0 Å². The van der Waals surface area contributed by atoms with Gasteiger partial charge in [-0.15, -0.1) is 0 Å². The summed E-state index contributed by atoms with van der Waals surface area (Å²) >= 11 is 0. The smallest absolute Gasteiger partial charge is 0.328 e. The third-order valence-electron chi connectivity index (χ3n) is 3.74. The van der Waals surface area contributed by atoms with Crippen molar-refractivity contribution >= 4 is 11.5 Å². The molecule has 1 N–H and O–H groups in total. The number of rotatable bonds is 3. The standard InChI is InChI=1S/C23H15FO2/c24-21-14-12-20(13-15-21)22(16-23(25)26)19-10-8-18(9-11-19)7-6-17-4-2-1-3-5-17/h1-5,8-16H,(H,25,26)/b22-16+. The van der Waals surface area contributed by atoms with Crippen LogP contribution in [0.25, 0.3) is 5.57 Å². The van der Waals surface area contributed by atoms with Crippen LogP contribution in [0.5, 0.6) is 0 Å². The average Bonchev–Trinajstić information content (AvgIpc) is 2.66. The highest BCUT2D eigenvalue weighted by atomic mass is 19.1. The van der Waals surface area contributed by atoms with Crippen molar-refractivity contribution in [3.8, 4) is 11.8 Å². The molecule has 0 radical (unpaired) electrons. The molecule has 3 aromatic carbocycles. The van der Waals surface area contributed by atoms with Gasteiger partial charge in [0.1, 0.15) is 5.82 Å². The molecule has 0 saturated carbocycles. The highest BCUT2D eigenvalue weighted by Gasteiger charge is 2.08. The first-order valence-corrected chi connectivity index (χ1v) is 8.00. The lowest BCUT2D eigenvalue weighted by Crippen LogP contribution is -1.95. The summed E-state index contributed by atoms with van der Waals surface area (Å²) in [5.41, 5.74) is 3.63. The number of benzene rings is 3. The van der Waals surface area contributed by atoms with E-state index in [1.165, 1.54) is 12.1 Å². The molecule has 0 spiro atoms. The zero-order chi connectivity index (χ0) is 18.4. The molecule has 3 heteroatoms. The first-order valence-electron chi connectivity index (χ1n) is 8.00. The SMILES string of the molecule is O=C(O)/C=C(/c1ccc(F)cc1)c1ccc(C#Cc2ccccc2)cc1. The Hall–Kier alpha value is -3.64. The number of aliphatic carboxylic acids is 1. The van der Waals surface area contributed by atoms with Crippen LogP contribution in [-0.4, -0.2) is 11.1 Å². The Balaban J connectivity index is 1.91. The normalized spacial score (nSPS) is 10.7. The van der Waals surface area contributed by atoms with Crippen LogP contribution in [0.2, 0.25) is 0 Å². The quantitative estimate of drug-likeness (QED) is 0.551. The fourth-order valence-electron chi connectivity index (χ4n) is 2.49. The van der Waals surface area contributed by atoms with E-state index in [0.29, 0.717) is 11.1 Å². The van der Waals surface area contributed by atoms with Gasteiger partial charge in [-0.1, -0.05) is 54.3 Å². The Morgan fingerprint density at radius 1 is 0.769 bits per heavy atom. The molecule has 0 aliphatic carbocycles. The van der Waals surface area contributed by atoms with Crippen molar-refractivity contribution in [3.63, 3.8) is 0 Å². The summed E-state index contributed by atoms with van der Waals surface area (Å²) in [5.74, 6) is 4.74. The lowest BCUT2D eigenvalue weighted by molar-refractivity contribution is -0.131. The highest BCUT2D eigenvalue weighted by molar-refractivity contribution is 5.95. The van der Waals surface area contributed by atoms with E-state index >= 15 is 0 Å². The molecule has 26 heavy (non-hydrogen) atoms. The van der Waals surface area contributed by atoms with Gasteiger partial charge in [0.25, 0.3) is 0 Å². The molecule has 0 aliphatic rings. The topological polar surface area (TPSA) is 37.3 Å². The maximum Gasteiger partial charge on any atom is 0.328 e. The average molecular weight is 342 g/mol. The van der Waals surface area contributed by atoms with Crippen molar-refractivity contribution in [2.75, 3.05) is 0 Å². The molecular weight excluding hydrogens is 327 g/mol. The van der Waals surface area contributed by atoms with Gasteiger partial charge >= 0.3 is 5.97 Å². The predicted octanol–water partition coefficient (Wildman–Crippen LogP) is 4.74. The summed E-state index contributed by atoms with van der Waals surface area (Å²) in [6.07, 6.45) is 1.12. The lowest BCUT2D eigenvalue weighted by atomic mass is 9.96. The molecule has 2 nitrogen and oxygen atoms in total. The van der Waals surface area contributed by atoms with Crippen LogP contribution in [0.1, 0.15) is 22.3 Å². The second-order valence-corrected chi connectivity index (χ2v) is 5.60. The highest BCUT2D eigenvalue weighted by Crippen LogP contribution is 2.24. The third-order valence-corrected chi connectivity index (χ3v) is 3.74. The van der Waals surface area contributed by atoms with Gasteiger partial charge in [0, 0.05) is 17.2 Å². The second-order valence-electron chi connectivity index (χ2n) is 5.60. The molecule has 0 saturated heterocycles. The van der Waals surface area contributed by atoms with Gasteiger partial charge in [-0.25, -0.2) is 9.18 Å². The summed E-state index contributed by atoms with van der Waals surface area (Å²) < 4.78 is 13.1. The maximum atomic E-state index is 13.1. The van der Waals surface area contributed by atoms with Gasteiger partial charge in [0.2, 0.25) is 0 Å². The Morgan fingerprint density at radius 3 is 1.81 bits per heavy atom. The first-order chi connectivity index (χ1) is 12.6. The van der Waals surface area contributed by atoms with Crippen LogP contribution in [0, 0.1) is 17.7 Å². The number of carboxylic acids is 1. The minimum atomic E-state index is -1.06. The predicted molar refractivity (Wildman–Crippen MR) is 100.0 cm³/mol. The largest absolute Gasteiger partial charge is 0.478 e. The molecule has 0 fully saturated rings. The fourth-order valence-corrected chi connectivity index (χ4v) is 2.49. The number of carbonyl (C=O) groups is 1. The second kappa shape index (κ2) is 7.96. The Bertz CT molecular complexity index is 990. The number of halogens is 1. The van der Waals surface area contributed by atoms with E-state index in [1.54, 1.807) is 12.1 Å². The minimum absolute atomic E-state index is 0.366. The molecule has 0 atom stereocenters. The van der Waals surface area contributed by atoms with Crippen LogP contribution in [0.4, 0.5) is 4.39 Å². The molecular formula is C23H15FO2. The van der Waals surface area contributed by atoms with E-state index in [0.717, 1.165) is 22.8 Å². The summed E-state index contributed by atoms with van der Waals surface area (Å²) in [6.45, 7) is 0. The molecule has 0 aliphatic heterocycles. The minimum Gasteiger partial charge on any atom is -0.478 e. The van der Waals surface area contributed by atoms with Crippen molar-refractivity contribution < 1.29 is 14.3 Å². The summed E-state index contributed by atoms with van der Waals surface area (Å²) in [4.78, 5) is 11.2. The van der Waals surface area contributed by atoms with Crippen LogP contribution in [0.15, 0.2) is 84.9 Å². The van der Waals surface area contributed by atoms with Crippen LogP contribution in [0.3, 0.4) is 0 Å². The summed E-state index contributed by atoms with van der Waals surface area (Å²) in [7, 11) is 0. The van der Waals surface area contributed by atoms with E-state index in [9.17, 15) is 9.18 Å². The molecule has 0 aromatic heterocycles.